The number of imidazole rings is 1. The van der Waals surface area contributed by atoms with E-state index in [1.54, 1.807) is 10.8 Å². The molecule has 0 aliphatic rings. The lowest BCUT2D eigenvalue weighted by Crippen LogP contribution is -2.15. The van der Waals surface area contributed by atoms with E-state index in [2.05, 4.69) is 20.1 Å². The van der Waals surface area contributed by atoms with Gasteiger partial charge in [0.1, 0.15) is 5.69 Å². The summed E-state index contributed by atoms with van der Waals surface area (Å²) in [5.41, 5.74) is 4.94. The summed E-state index contributed by atoms with van der Waals surface area (Å²) in [6.45, 7) is 5.82. The average Bonchev–Trinajstić information content (AvgIpc) is 3.25. The molecule has 0 bridgehead atoms. The first-order valence-electron chi connectivity index (χ1n) is 8.19. The Morgan fingerprint density at radius 2 is 1.77 bits per heavy atom. The van der Waals surface area contributed by atoms with Crippen molar-refractivity contribution in [3.05, 3.63) is 70.0 Å². The Bertz CT molecular complexity index is 1140. The molecular formula is C19H17N5O2. The molecule has 3 heterocycles. The van der Waals surface area contributed by atoms with Gasteiger partial charge in [-0.25, -0.2) is 9.78 Å². The molecule has 0 saturated heterocycles. The molecule has 0 aliphatic carbocycles. The number of rotatable bonds is 3. The normalized spacial score (nSPS) is 11.0. The molecule has 130 valence electrons. The van der Waals surface area contributed by atoms with Crippen LogP contribution in [-0.4, -0.2) is 24.7 Å². The van der Waals surface area contributed by atoms with E-state index in [-0.39, 0.29) is 5.69 Å². The molecule has 4 rings (SSSR count). The van der Waals surface area contributed by atoms with Gasteiger partial charge in [-0.1, -0.05) is 11.2 Å². The SMILES string of the molecule is Cc1ccc(-c2nc(-c3ccc(-n4c(C)c[nH]c4=O)cc3)no2)nc1C. The van der Waals surface area contributed by atoms with Gasteiger partial charge in [0.2, 0.25) is 5.82 Å². The highest BCUT2D eigenvalue weighted by atomic mass is 16.5. The molecule has 0 spiro atoms. The summed E-state index contributed by atoms with van der Waals surface area (Å²) < 4.78 is 6.96. The number of hydrogen-bond donors (Lipinski definition) is 1. The average molecular weight is 347 g/mol. The third-order valence-electron chi connectivity index (χ3n) is 4.34. The lowest BCUT2D eigenvalue weighted by molar-refractivity contribution is 0.431. The van der Waals surface area contributed by atoms with E-state index >= 15 is 0 Å². The Hall–Kier alpha value is -3.48. The molecule has 0 fully saturated rings. The minimum Gasteiger partial charge on any atom is -0.332 e. The predicted molar refractivity (Wildman–Crippen MR) is 97.1 cm³/mol. The number of aryl methyl sites for hydroxylation is 3. The molecule has 7 nitrogen and oxygen atoms in total. The second-order valence-corrected chi connectivity index (χ2v) is 6.14. The summed E-state index contributed by atoms with van der Waals surface area (Å²) in [6, 6.07) is 11.3. The molecule has 3 aromatic heterocycles. The molecule has 0 radical (unpaired) electrons. The van der Waals surface area contributed by atoms with E-state index in [4.69, 9.17) is 4.52 Å². The van der Waals surface area contributed by atoms with Crippen molar-refractivity contribution in [1.82, 2.24) is 24.7 Å². The molecule has 0 aliphatic heterocycles. The molecule has 26 heavy (non-hydrogen) atoms. The summed E-state index contributed by atoms with van der Waals surface area (Å²) in [6.07, 6.45) is 1.68. The summed E-state index contributed by atoms with van der Waals surface area (Å²) >= 11 is 0. The van der Waals surface area contributed by atoms with Gasteiger partial charge < -0.3 is 9.51 Å². The molecule has 0 amide bonds. The number of pyridine rings is 1. The highest BCUT2D eigenvalue weighted by Crippen LogP contribution is 2.23. The first kappa shape index (κ1) is 16.0. The van der Waals surface area contributed by atoms with Crippen LogP contribution in [0.1, 0.15) is 17.0 Å². The Morgan fingerprint density at radius 3 is 2.42 bits per heavy atom. The van der Waals surface area contributed by atoms with Gasteiger partial charge >= 0.3 is 5.69 Å². The number of hydrogen-bond acceptors (Lipinski definition) is 5. The van der Waals surface area contributed by atoms with Crippen molar-refractivity contribution in [2.45, 2.75) is 20.8 Å². The first-order chi connectivity index (χ1) is 12.5. The zero-order chi connectivity index (χ0) is 18.3. The van der Waals surface area contributed by atoms with Gasteiger partial charge in [-0.3, -0.25) is 4.57 Å². The Kier molecular flexibility index (Phi) is 3.76. The van der Waals surface area contributed by atoms with Crippen LogP contribution >= 0.6 is 0 Å². The molecule has 0 atom stereocenters. The van der Waals surface area contributed by atoms with Crippen LogP contribution in [0.5, 0.6) is 0 Å². The minimum absolute atomic E-state index is 0.169. The maximum absolute atomic E-state index is 11.9. The number of nitrogens with one attached hydrogen (secondary N) is 1. The van der Waals surface area contributed by atoms with Crippen molar-refractivity contribution >= 4 is 0 Å². The van der Waals surface area contributed by atoms with Gasteiger partial charge in [-0.2, -0.15) is 4.98 Å². The molecular weight excluding hydrogens is 330 g/mol. The zero-order valence-electron chi connectivity index (χ0n) is 14.6. The molecule has 7 heteroatoms. The van der Waals surface area contributed by atoms with Gasteiger partial charge in [0, 0.05) is 23.1 Å². The highest BCUT2D eigenvalue weighted by Gasteiger charge is 2.13. The van der Waals surface area contributed by atoms with Gasteiger partial charge in [-0.05, 0) is 56.7 Å². The van der Waals surface area contributed by atoms with E-state index in [1.165, 1.54) is 0 Å². The predicted octanol–water partition coefficient (Wildman–Crippen LogP) is 3.20. The van der Waals surface area contributed by atoms with E-state index in [0.29, 0.717) is 17.4 Å². The van der Waals surface area contributed by atoms with E-state index in [1.807, 2.05) is 57.2 Å². The first-order valence-corrected chi connectivity index (χ1v) is 8.19. The number of benzene rings is 1. The number of aromatic nitrogens is 5. The van der Waals surface area contributed by atoms with Crippen LogP contribution in [0.4, 0.5) is 0 Å². The fourth-order valence-electron chi connectivity index (χ4n) is 2.73. The van der Waals surface area contributed by atoms with E-state index in [9.17, 15) is 4.79 Å². The van der Waals surface area contributed by atoms with Gasteiger partial charge in [0.05, 0.1) is 5.69 Å². The van der Waals surface area contributed by atoms with Crippen LogP contribution in [0.3, 0.4) is 0 Å². The highest BCUT2D eigenvalue weighted by molar-refractivity contribution is 5.59. The van der Waals surface area contributed by atoms with Crippen molar-refractivity contribution in [3.63, 3.8) is 0 Å². The molecule has 0 saturated carbocycles. The fraction of sp³-hybridized carbons (Fsp3) is 0.158. The topological polar surface area (TPSA) is 89.6 Å². The van der Waals surface area contributed by atoms with Gasteiger partial charge in [0.15, 0.2) is 0 Å². The monoisotopic (exact) mass is 347 g/mol. The van der Waals surface area contributed by atoms with Gasteiger partial charge in [-0.15, -0.1) is 0 Å². The van der Waals surface area contributed by atoms with Crippen molar-refractivity contribution < 1.29 is 4.52 Å². The summed E-state index contributed by atoms with van der Waals surface area (Å²) in [4.78, 5) is 23.5. The second-order valence-electron chi connectivity index (χ2n) is 6.14. The fourth-order valence-corrected chi connectivity index (χ4v) is 2.73. The summed E-state index contributed by atoms with van der Waals surface area (Å²) in [5, 5.41) is 4.04. The number of aromatic amines is 1. The van der Waals surface area contributed by atoms with Crippen LogP contribution in [-0.2, 0) is 0 Å². The zero-order valence-corrected chi connectivity index (χ0v) is 14.6. The van der Waals surface area contributed by atoms with Crippen LogP contribution in [0.2, 0.25) is 0 Å². The quantitative estimate of drug-likeness (QED) is 0.615. The maximum Gasteiger partial charge on any atom is 0.330 e. The molecule has 4 aromatic rings. The standard InChI is InChI=1S/C19H17N5O2/c1-11-4-9-16(21-13(11)3)18-22-17(23-26-18)14-5-7-15(8-6-14)24-12(2)10-20-19(24)25/h4-10H,1-3H3,(H,20,25). The molecule has 1 aromatic carbocycles. The van der Waals surface area contributed by atoms with E-state index < -0.39 is 0 Å². The summed E-state index contributed by atoms with van der Waals surface area (Å²) in [5.74, 6) is 0.856. The Morgan fingerprint density at radius 1 is 1.00 bits per heavy atom. The third kappa shape index (κ3) is 2.73. The van der Waals surface area contributed by atoms with Crippen LogP contribution in [0, 0.1) is 20.8 Å². The van der Waals surface area contributed by atoms with Crippen LogP contribution in [0.15, 0.2) is 51.9 Å². The molecule has 1 N–H and O–H groups in total. The minimum atomic E-state index is -0.169. The van der Waals surface area contributed by atoms with Crippen LogP contribution in [0.25, 0.3) is 28.7 Å². The number of nitrogens with zero attached hydrogens (tertiary/aromatic N) is 4. The largest absolute Gasteiger partial charge is 0.332 e. The Labute approximate surface area is 149 Å². The van der Waals surface area contributed by atoms with Crippen molar-refractivity contribution in [3.8, 4) is 28.7 Å². The van der Waals surface area contributed by atoms with Gasteiger partial charge in [0.25, 0.3) is 5.89 Å². The van der Waals surface area contributed by atoms with Crippen LogP contribution < -0.4 is 5.69 Å². The van der Waals surface area contributed by atoms with Crippen molar-refractivity contribution in [2.24, 2.45) is 0 Å². The third-order valence-corrected chi connectivity index (χ3v) is 4.34. The summed E-state index contributed by atoms with van der Waals surface area (Å²) in [7, 11) is 0. The Balaban J connectivity index is 1.66. The maximum atomic E-state index is 11.9. The molecule has 0 unspecified atom stereocenters. The van der Waals surface area contributed by atoms with E-state index in [0.717, 1.165) is 28.2 Å². The number of H-pyrrole nitrogens is 1. The lowest BCUT2D eigenvalue weighted by atomic mass is 10.2. The second kappa shape index (κ2) is 6.11. The van der Waals surface area contributed by atoms with Crippen molar-refractivity contribution in [2.75, 3.05) is 0 Å². The lowest BCUT2D eigenvalue weighted by Gasteiger charge is -2.04. The van der Waals surface area contributed by atoms with Crippen molar-refractivity contribution in [1.29, 1.82) is 0 Å². The smallest absolute Gasteiger partial charge is 0.330 e.